The zero-order chi connectivity index (χ0) is 25.5. The number of amides is 1. The lowest BCUT2D eigenvalue weighted by Crippen LogP contribution is -2.20. The number of carbonyl (C=O) groups excluding carboxylic acids is 1. The van der Waals surface area contributed by atoms with E-state index >= 15 is 0 Å². The van der Waals surface area contributed by atoms with Gasteiger partial charge in [0.05, 0.1) is 25.3 Å². The first-order valence-corrected chi connectivity index (χ1v) is 11.8. The van der Waals surface area contributed by atoms with Crippen LogP contribution in [0, 0.1) is 0 Å². The van der Waals surface area contributed by atoms with E-state index in [-0.39, 0.29) is 23.3 Å². The van der Waals surface area contributed by atoms with Crippen molar-refractivity contribution in [2.24, 2.45) is 5.10 Å². The highest BCUT2D eigenvalue weighted by Gasteiger charge is 2.30. The second-order valence-electron chi connectivity index (χ2n) is 7.34. The third-order valence-corrected chi connectivity index (χ3v) is 5.75. The highest BCUT2D eigenvalue weighted by atomic mass is 32.2. The van der Waals surface area contributed by atoms with E-state index in [1.807, 2.05) is 0 Å². The summed E-state index contributed by atoms with van der Waals surface area (Å²) < 4.78 is 73.9. The third kappa shape index (κ3) is 7.85. The van der Waals surface area contributed by atoms with Gasteiger partial charge in [0.25, 0.3) is 0 Å². The molecule has 0 aromatic heterocycles. The van der Waals surface area contributed by atoms with Crippen molar-refractivity contribution in [1.82, 2.24) is 5.43 Å². The zero-order valence-electron chi connectivity index (χ0n) is 18.5. The summed E-state index contributed by atoms with van der Waals surface area (Å²) in [5, 5.41) is 3.84. The average molecular weight is 507 g/mol. The Balaban J connectivity index is 1.66. The van der Waals surface area contributed by atoms with Crippen LogP contribution < -0.4 is 14.3 Å². The van der Waals surface area contributed by atoms with Crippen LogP contribution >= 0.6 is 0 Å². The van der Waals surface area contributed by atoms with Gasteiger partial charge >= 0.3 is 16.3 Å². The zero-order valence-corrected chi connectivity index (χ0v) is 19.3. The standard InChI is InChI=1S/C24H21F3N2O5S/c1-33-21-10-5-6-17(13-21)14-23(30)29-28-15-19-8-2-3-11-22(19)34-35(31,32)16-18-7-4-9-20(12-18)24(25,26)27/h2-13,15H,14,16H2,1H3,(H,29,30). The SMILES string of the molecule is COc1cccc(CC(=O)NN=Cc2ccccc2OS(=O)(=O)Cc2cccc(C(F)(F)F)c2)c1. The van der Waals surface area contributed by atoms with Gasteiger partial charge in [-0.2, -0.15) is 26.7 Å². The molecule has 35 heavy (non-hydrogen) atoms. The lowest BCUT2D eigenvalue weighted by Gasteiger charge is -2.11. The van der Waals surface area contributed by atoms with E-state index in [1.54, 1.807) is 30.3 Å². The molecule has 3 aromatic rings. The summed E-state index contributed by atoms with van der Waals surface area (Å²) in [5.74, 6) is -0.661. The number of carbonyl (C=O) groups is 1. The van der Waals surface area contributed by atoms with E-state index in [2.05, 4.69) is 10.5 Å². The molecule has 0 atom stereocenters. The Kier molecular flexibility index (Phi) is 8.13. The van der Waals surface area contributed by atoms with Crippen LogP contribution in [0.1, 0.15) is 22.3 Å². The summed E-state index contributed by atoms with van der Waals surface area (Å²) in [4.78, 5) is 12.1. The maximum absolute atomic E-state index is 12.9. The fourth-order valence-corrected chi connectivity index (χ4v) is 4.12. The van der Waals surface area contributed by atoms with Gasteiger partial charge in [-0.25, -0.2) is 5.43 Å². The summed E-state index contributed by atoms with van der Waals surface area (Å²) in [6.07, 6.45) is -3.35. The summed E-state index contributed by atoms with van der Waals surface area (Å²) in [5.41, 5.74) is 2.26. The predicted molar refractivity (Wildman–Crippen MR) is 124 cm³/mol. The van der Waals surface area contributed by atoms with Crippen LogP contribution in [0.2, 0.25) is 0 Å². The lowest BCUT2D eigenvalue weighted by molar-refractivity contribution is -0.137. The molecule has 0 heterocycles. The molecule has 0 saturated heterocycles. The van der Waals surface area contributed by atoms with Crippen LogP contribution in [-0.4, -0.2) is 27.6 Å². The number of hydrogen-bond acceptors (Lipinski definition) is 6. The number of hydrazone groups is 1. The minimum Gasteiger partial charge on any atom is -0.497 e. The van der Waals surface area contributed by atoms with Gasteiger partial charge in [0.15, 0.2) is 5.75 Å². The molecular weight excluding hydrogens is 485 g/mol. The van der Waals surface area contributed by atoms with E-state index in [1.165, 1.54) is 37.6 Å². The van der Waals surface area contributed by atoms with Crippen LogP contribution in [-0.2, 0) is 33.3 Å². The predicted octanol–water partition coefficient (Wildman–Crippen LogP) is 4.32. The molecule has 0 saturated carbocycles. The fraction of sp³-hybridized carbons (Fsp3) is 0.167. The molecule has 184 valence electrons. The van der Waals surface area contributed by atoms with Crippen molar-refractivity contribution in [3.8, 4) is 11.5 Å². The second kappa shape index (κ2) is 11.0. The van der Waals surface area contributed by atoms with E-state index in [0.717, 1.165) is 18.2 Å². The van der Waals surface area contributed by atoms with Crippen molar-refractivity contribution in [3.63, 3.8) is 0 Å². The number of methoxy groups -OCH3 is 1. The molecular formula is C24H21F3N2O5S. The molecule has 0 bridgehead atoms. The fourth-order valence-electron chi connectivity index (χ4n) is 3.05. The molecule has 11 heteroatoms. The largest absolute Gasteiger partial charge is 0.497 e. The summed E-state index contributed by atoms with van der Waals surface area (Å²) in [6.45, 7) is 0. The number of hydrogen-bond donors (Lipinski definition) is 1. The van der Waals surface area contributed by atoms with Gasteiger partial charge in [-0.3, -0.25) is 4.79 Å². The van der Waals surface area contributed by atoms with E-state index < -0.39 is 33.5 Å². The number of benzene rings is 3. The van der Waals surface area contributed by atoms with Crippen LogP contribution in [0.3, 0.4) is 0 Å². The van der Waals surface area contributed by atoms with E-state index in [0.29, 0.717) is 11.3 Å². The highest BCUT2D eigenvalue weighted by Crippen LogP contribution is 2.30. The van der Waals surface area contributed by atoms with Gasteiger partial charge in [0, 0.05) is 5.56 Å². The summed E-state index contributed by atoms with van der Waals surface area (Å²) in [7, 11) is -2.77. The van der Waals surface area contributed by atoms with Gasteiger partial charge in [-0.15, -0.1) is 0 Å². The highest BCUT2D eigenvalue weighted by molar-refractivity contribution is 7.86. The topological polar surface area (TPSA) is 94.1 Å². The number of ether oxygens (including phenoxy) is 1. The van der Waals surface area contributed by atoms with Crippen molar-refractivity contribution in [1.29, 1.82) is 0 Å². The number of halogens is 3. The van der Waals surface area contributed by atoms with E-state index in [4.69, 9.17) is 8.92 Å². The summed E-state index contributed by atoms with van der Waals surface area (Å²) >= 11 is 0. The molecule has 0 unspecified atom stereocenters. The monoisotopic (exact) mass is 506 g/mol. The van der Waals surface area contributed by atoms with Crippen LogP contribution in [0.5, 0.6) is 11.5 Å². The van der Waals surface area contributed by atoms with Gasteiger partial charge in [-0.05, 0) is 41.5 Å². The number of nitrogens with one attached hydrogen (secondary N) is 1. The molecule has 0 aliphatic rings. The normalized spacial score (nSPS) is 11.9. The average Bonchev–Trinajstić information content (AvgIpc) is 2.79. The Labute approximate surface area is 200 Å². The van der Waals surface area contributed by atoms with Crippen molar-refractivity contribution in [3.05, 3.63) is 95.1 Å². The molecule has 0 aliphatic heterocycles. The quantitative estimate of drug-likeness (QED) is 0.265. The van der Waals surface area contributed by atoms with Gasteiger partial charge < -0.3 is 8.92 Å². The van der Waals surface area contributed by atoms with Crippen LogP contribution in [0.15, 0.2) is 77.9 Å². The van der Waals surface area contributed by atoms with Crippen molar-refractivity contribution in [2.45, 2.75) is 18.3 Å². The Morgan fingerprint density at radius 1 is 1.00 bits per heavy atom. The lowest BCUT2D eigenvalue weighted by atomic mass is 10.1. The van der Waals surface area contributed by atoms with Gasteiger partial charge in [0.1, 0.15) is 11.5 Å². The van der Waals surface area contributed by atoms with Crippen LogP contribution in [0.25, 0.3) is 0 Å². The Morgan fingerprint density at radius 2 is 1.71 bits per heavy atom. The second-order valence-corrected chi connectivity index (χ2v) is 8.91. The molecule has 3 rings (SSSR count). The maximum Gasteiger partial charge on any atom is 0.416 e. The number of alkyl halides is 3. The molecule has 0 fully saturated rings. The molecule has 0 spiro atoms. The van der Waals surface area contributed by atoms with Crippen LogP contribution in [0.4, 0.5) is 13.2 Å². The first-order valence-electron chi connectivity index (χ1n) is 10.2. The molecule has 1 amide bonds. The summed E-state index contributed by atoms with van der Waals surface area (Å²) in [6, 6.07) is 17.0. The van der Waals surface area contributed by atoms with E-state index in [9.17, 15) is 26.4 Å². The van der Waals surface area contributed by atoms with Gasteiger partial charge in [-0.1, -0.05) is 42.5 Å². The van der Waals surface area contributed by atoms with Crippen molar-refractivity contribution in [2.75, 3.05) is 7.11 Å². The maximum atomic E-state index is 12.9. The third-order valence-electron chi connectivity index (χ3n) is 4.63. The smallest absolute Gasteiger partial charge is 0.416 e. The minimum atomic E-state index is -4.60. The Bertz CT molecular complexity index is 1320. The van der Waals surface area contributed by atoms with Crippen molar-refractivity contribution < 1.29 is 35.3 Å². The molecule has 0 radical (unpaired) electrons. The first kappa shape index (κ1) is 25.8. The molecule has 7 nitrogen and oxygen atoms in total. The molecule has 3 aromatic carbocycles. The Morgan fingerprint density at radius 3 is 2.46 bits per heavy atom. The number of nitrogens with zero attached hydrogens (tertiary/aromatic N) is 1. The first-order chi connectivity index (χ1) is 16.6. The van der Waals surface area contributed by atoms with Gasteiger partial charge in [0.2, 0.25) is 5.91 Å². The number of rotatable bonds is 9. The minimum absolute atomic E-state index is 0.0397. The number of para-hydroxylation sites is 1. The molecule has 1 N–H and O–H groups in total. The van der Waals surface area contributed by atoms with Crippen molar-refractivity contribution >= 4 is 22.2 Å². The Hall–Kier alpha value is -3.86. The molecule has 0 aliphatic carbocycles.